The fraction of sp³-hybridized carbons (Fsp3) is 0.636. The van der Waals surface area contributed by atoms with Gasteiger partial charge in [0.1, 0.15) is 5.82 Å². The number of hydrogen-bond acceptors (Lipinski definition) is 4. The second-order valence-corrected chi connectivity index (χ2v) is 4.16. The SMILES string of the molecule is Cc1nccnc1N1CCCC(CN)C1. The van der Waals surface area contributed by atoms with Gasteiger partial charge in [0.25, 0.3) is 0 Å². The minimum Gasteiger partial charge on any atom is -0.355 e. The van der Waals surface area contributed by atoms with Gasteiger partial charge in [-0.25, -0.2) is 4.98 Å². The van der Waals surface area contributed by atoms with Gasteiger partial charge in [-0.3, -0.25) is 4.98 Å². The molecule has 1 atom stereocenters. The Morgan fingerprint density at radius 1 is 1.47 bits per heavy atom. The highest BCUT2D eigenvalue weighted by Crippen LogP contribution is 2.22. The van der Waals surface area contributed by atoms with Crippen molar-refractivity contribution < 1.29 is 0 Å². The van der Waals surface area contributed by atoms with Gasteiger partial charge in [-0.2, -0.15) is 0 Å². The van der Waals surface area contributed by atoms with Crippen LogP contribution in [0, 0.1) is 12.8 Å². The second kappa shape index (κ2) is 4.57. The first-order valence-electron chi connectivity index (χ1n) is 5.54. The summed E-state index contributed by atoms with van der Waals surface area (Å²) in [6, 6.07) is 0. The normalized spacial score (nSPS) is 21.7. The van der Waals surface area contributed by atoms with Crippen molar-refractivity contribution >= 4 is 5.82 Å². The molecule has 2 N–H and O–H groups in total. The van der Waals surface area contributed by atoms with Crippen LogP contribution in [0.25, 0.3) is 0 Å². The van der Waals surface area contributed by atoms with E-state index in [0.29, 0.717) is 5.92 Å². The van der Waals surface area contributed by atoms with Gasteiger partial charge in [0.2, 0.25) is 0 Å². The number of hydrogen-bond donors (Lipinski definition) is 1. The summed E-state index contributed by atoms with van der Waals surface area (Å²) < 4.78 is 0. The molecule has 0 bridgehead atoms. The molecule has 0 aromatic carbocycles. The molecule has 0 amide bonds. The van der Waals surface area contributed by atoms with E-state index < -0.39 is 0 Å². The summed E-state index contributed by atoms with van der Waals surface area (Å²) in [6.07, 6.45) is 5.95. The third-order valence-electron chi connectivity index (χ3n) is 3.01. The van der Waals surface area contributed by atoms with Gasteiger partial charge >= 0.3 is 0 Å². The lowest BCUT2D eigenvalue weighted by Gasteiger charge is -2.33. The summed E-state index contributed by atoms with van der Waals surface area (Å²) in [5.41, 5.74) is 6.73. The molecule has 1 fully saturated rings. The number of nitrogens with two attached hydrogens (primary N) is 1. The molecule has 0 aliphatic carbocycles. The van der Waals surface area contributed by atoms with Crippen molar-refractivity contribution in [1.29, 1.82) is 0 Å². The lowest BCUT2D eigenvalue weighted by atomic mass is 9.98. The molecule has 1 aliphatic heterocycles. The Bertz CT molecular complexity index is 326. The van der Waals surface area contributed by atoms with E-state index in [4.69, 9.17) is 5.73 Å². The second-order valence-electron chi connectivity index (χ2n) is 4.16. The van der Waals surface area contributed by atoms with Crippen LogP contribution in [0.3, 0.4) is 0 Å². The van der Waals surface area contributed by atoms with Crippen LogP contribution in [0.2, 0.25) is 0 Å². The van der Waals surface area contributed by atoms with E-state index in [1.807, 2.05) is 6.92 Å². The van der Waals surface area contributed by atoms with Crippen LogP contribution in [0.4, 0.5) is 5.82 Å². The predicted molar refractivity (Wildman–Crippen MR) is 60.8 cm³/mol. The minimum atomic E-state index is 0.611. The lowest BCUT2D eigenvalue weighted by Crippen LogP contribution is -2.39. The van der Waals surface area contributed by atoms with E-state index >= 15 is 0 Å². The molecule has 2 rings (SSSR count). The Kier molecular flexibility index (Phi) is 3.16. The van der Waals surface area contributed by atoms with Crippen molar-refractivity contribution in [2.45, 2.75) is 19.8 Å². The average molecular weight is 206 g/mol. The first kappa shape index (κ1) is 10.4. The van der Waals surface area contributed by atoms with E-state index in [-0.39, 0.29) is 0 Å². The largest absolute Gasteiger partial charge is 0.355 e. The maximum Gasteiger partial charge on any atom is 0.150 e. The molecule has 15 heavy (non-hydrogen) atoms. The third-order valence-corrected chi connectivity index (χ3v) is 3.01. The van der Waals surface area contributed by atoms with Crippen molar-refractivity contribution in [2.75, 3.05) is 24.5 Å². The molecule has 1 aliphatic rings. The summed E-state index contributed by atoms with van der Waals surface area (Å²) in [5, 5.41) is 0. The van der Waals surface area contributed by atoms with Crippen LogP contribution in [0.15, 0.2) is 12.4 Å². The van der Waals surface area contributed by atoms with Gasteiger partial charge in [-0.15, -0.1) is 0 Å². The van der Waals surface area contributed by atoms with E-state index in [1.54, 1.807) is 12.4 Å². The fourth-order valence-electron chi connectivity index (χ4n) is 2.16. The van der Waals surface area contributed by atoms with E-state index in [2.05, 4.69) is 14.9 Å². The van der Waals surface area contributed by atoms with Crippen LogP contribution in [0.5, 0.6) is 0 Å². The zero-order chi connectivity index (χ0) is 10.7. The first-order chi connectivity index (χ1) is 7.31. The molecule has 4 nitrogen and oxygen atoms in total. The Labute approximate surface area is 90.5 Å². The highest BCUT2D eigenvalue weighted by atomic mass is 15.2. The van der Waals surface area contributed by atoms with E-state index in [0.717, 1.165) is 31.1 Å². The van der Waals surface area contributed by atoms with Crippen LogP contribution in [-0.4, -0.2) is 29.6 Å². The van der Waals surface area contributed by atoms with Crippen molar-refractivity contribution in [3.63, 3.8) is 0 Å². The Hall–Kier alpha value is -1.16. The molecule has 2 heterocycles. The number of rotatable bonds is 2. The highest BCUT2D eigenvalue weighted by Gasteiger charge is 2.20. The summed E-state index contributed by atoms with van der Waals surface area (Å²) in [6.45, 7) is 4.89. The number of anilines is 1. The van der Waals surface area contributed by atoms with Gasteiger partial charge in [-0.1, -0.05) is 0 Å². The number of piperidine rings is 1. The molecule has 1 unspecified atom stereocenters. The lowest BCUT2D eigenvalue weighted by molar-refractivity contribution is 0.421. The minimum absolute atomic E-state index is 0.611. The van der Waals surface area contributed by atoms with Gasteiger partial charge in [0.05, 0.1) is 5.69 Å². The standard InChI is InChI=1S/C11H18N4/c1-9-11(14-5-4-13-9)15-6-2-3-10(7-12)8-15/h4-5,10H,2-3,6-8,12H2,1H3. The molecule has 1 aromatic heterocycles. The van der Waals surface area contributed by atoms with Crippen molar-refractivity contribution in [2.24, 2.45) is 11.7 Å². The predicted octanol–water partition coefficient (Wildman–Crippen LogP) is 0.960. The van der Waals surface area contributed by atoms with E-state index in [9.17, 15) is 0 Å². The van der Waals surface area contributed by atoms with Crippen molar-refractivity contribution in [3.8, 4) is 0 Å². The molecule has 4 heteroatoms. The van der Waals surface area contributed by atoms with Crippen molar-refractivity contribution in [3.05, 3.63) is 18.1 Å². The Morgan fingerprint density at radius 2 is 2.27 bits per heavy atom. The number of nitrogens with zero attached hydrogens (tertiary/aromatic N) is 3. The molecule has 0 radical (unpaired) electrons. The summed E-state index contributed by atoms with van der Waals surface area (Å²) >= 11 is 0. The highest BCUT2D eigenvalue weighted by molar-refractivity contribution is 5.42. The number of aromatic nitrogens is 2. The molecule has 0 spiro atoms. The first-order valence-corrected chi connectivity index (χ1v) is 5.54. The van der Waals surface area contributed by atoms with E-state index in [1.165, 1.54) is 12.8 Å². The topological polar surface area (TPSA) is 55.0 Å². The average Bonchev–Trinajstić information content (AvgIpc) is 2.30. The maximum atomic E-state index is 5.72. The van der Waals surface area contributed by atoms with Gasteiger partial charge in [0.15, 0.2) is 0 Å². The molecule has 1 aromatic rings. The third kappa shape index (κ3) is 2.26. The molecular formula is C11H18N4. The van der Waals surface area contributed by atoms with Gasteiger partial charge < -0.3 is 10.6 Å². The van der Waals surface area contributed by atoms with Gasteiger partial charge in [0, 0.05) is 25.5 Å². The molecule has 0 saturated carbocycles. The quantitative estimate of drug-likeness (QED) is 0.783. The molecule has 1 saturated heterocycles. The molecule has 82 valence electrons. The smallest absolute Gasteiger partial charge is 0.150 e. The fourth-order valence-corrected chi connectivity index (χ4v) is 2.16. The van der Waals surface area contributed by atoms with Crippen LogP contribution in [-0.2, 0) is 0 Å². The summed E-state index contributed by atoms with van der Waals surface area (Å²) in [7, 11) is 0. The van der Waals surface area contributed by atoms with Crippen LogP contribution in [0.1, 0.15) is 18.5 Å². The van der Waals surface area contributed by atoms with Crippen molar-refractivity contribution in [1.82, 2.24) is 9.97 Å². The monoisotopic (exact) mass is 206 g/mol. The van der Waals surface area contributed by atoms with Gasteiger partial charge in [-0.05, 0) is 32.2 Å². The van der Waals surface area contributed by atoms with Crippen LogP contribution >= 0.6 is 0 Å². The summed E-state index contributed by atoms with van der Waals surface area (Å²) in [5.74, 6) is 1.64. The Morgan fingerprint density at radius 3 is 3.00 bits per heavy atom. The Balaban J connectivity index is 2.13. The zero-order valence-electron chi connectivity index (χ0n) is 9.19. The number of aryl methyl sites for hydroxylation is 1. The maximum absolute atomic E-state index is 5.72. The van der Waals surface area contributed by atoms with Crippen LogP contribution < -0.4 is 10.6 Å². The summed E-state index contributed by atoms with van der Waals surface area (Å²) in [4.78, 5) is 11.0. The molecular weight excluding hydrogens is 188 g/mol. The zero-order valence-corrected chi connectivity index (χ0v) is 9.19.